The summed E-state index contributed by atoms with van der Waals surface area (Å²) < 4.78 is 41.5. The number of fused-ring (bicyclic) bond motifs is 2. The van der Waals surface area contributed by atoms with Crippen molar-refractivity contribution in [2.24, 2.45) is 5.41 Å². The lowest BCUT2D eigenvalue weighted by atomic mass is 9.84. The molecule has 18 heteroatoms. The van der Waals surface area contributed by atoms with Crippen molar-refractivity contribution in [3.05, 3.63) is 94.0 Å². The number of benzene rings is 4. The second kappa shape index (κ2) is 19.9. The molecule has 3 atom stereocenters. The zero-order valence-electron chi connectivity index (χ0n) is 37.0. The topological polar surface area (TPSA) is 177 Å². The summed E-state index contributed by atoms with van der Waals surface area (Å²) in [6.07, 6.45) is -1.25. The van der Waals surface area contributed by atoms with Gasteiger partial charge in [-0.25, -0.2) is 4.79 Å². The normalized spacial score (nSPS) is 17.2. The van der Waals surface area contributed by atoms with Gasteiger partial charge in [0.25, 0.3) is 11.8 Å². The van der Waals surface area contributed by atoms with Gasteiger partial charge in [-0.3, -0.25) is 4.90 Å². The number of carbonyl (C=O) groups excluding carboxylic acids is 1. The molecule has 15 nitrogen and oxygen atoms in total. The van der Waals surface area contributed by atoms with E-state index in [4.69, 9.17) is 55.9 Å². The van der Waals surface area contributed by atoms with Gasteiger partial charge in [-0.2, -0.15) is 9.97 Å². The van der Waals surface area contributed by atoms with E-state index in [0.29, 0.717) is 79.4 Å². The van der Waals surface area contributed by atoms with Gasteiger partial charge in [0.05, 0.1) is 47.5 Å². The Labute approximate surface area is 393 Å². The van der Waals surface area contributed by atoms with Crippen LogP contribution in [0.2, 0.25) is 10.0 Å². The smallest absolute Gasteiger partial charge is 0.410 e. The molecule has 1 amide bonds. The highest BCUT2D eigenvalue weighted by atomic mass is 35.5. The molecule has 344 valence electrons. The molecule has 0 aliphatic carbocycles. The van der Waals surface area contributed by atoms with Crippen molar-refractivity contribution in [1.29, 1.82) is 0 Å². The van der Waals surface area contributed by atoms with E-state index in [-0.39, 0.29) is 62.9 Å². The van der Waals surface area contributed by atoms with E-state index >= 15 is 0 Å². The number of nitrogens with zero attached hydrogens (tertiary/aromatic N) is 5. The molecule has 2 aliphatic rings. The Morgan fingerprint density at radius 3 is 1.86 bits per heavy atom. The predicted octanol–water partition coefficient (Wildman–Crippen LogP) is 10.1. The first-order chi connectivity index (χ1) is 30.6. The maximum absolute atomic E-state index is 14.1. The van der Waals surface area contributed by atoms with Crippen molar-refractivity contribution >= 4 is 41.7 Å². The standard InChI is InChI=1S/C47H50Cl2N6O9.ClH/c1-25(2)60-39-14-10-29(18-34(39)48)44-51-42(53-63-44)27-8-12-37-31(16-27)20-50-33(23-58-37)24-59-46(57)55-21-32-17-28(9-13-38(32)62-41(36(55)22-56)47(5,6)7)43-52-45(64-54-43)30-11-15-40(35(49)19-30)61-26(3)4;/h8-19,25-26,33,36,41,50,56H,20-24H2,1-7H3;1H. The van der Waals surface area contributed by atoms with Gasteiger partial charge in [-0.15, -0.1) is 12.4 Å². The van der Waals surface area contributed by atoms with Crippen molar-refractivity contribution in [3.8, 4) is 68.7 Å². The predicted molar refractivity (Wildman–Crippen MR) is 247 cm³/mol. The Morgan fingerprint density at radius 1 is 0.800 bits per heavy atom. The van der Waals surface area contributed by atoms with E-state index < -0.39 is 23.7 Å². The van der Waals surface area contributed by atoms with Crippen molar-refractivity contribution in [2.75, 3.05) is 19.8 Å². The van der Waals surface area contributed by atoms with Crippen molar-refractivity contribution in [2.45, 2.75) is 92.0 Å². The molecule has 65 heavy (non-hydrogen) atoms. The van der Waals surface area contributed by atoms with Crippen LogP contribution < -0.4 is 24.3 Å². The molecule has 3 unspecified atom stereocenters. The SMILES string of the molecule is CC(C)Oc1ccc(-c2nc(-c3ccc4c(c3)CNC(COC(=O)N3Cc5cc(-c6noc(-c7ccc(OC(C)C)c(Cl)c7)n6)ccc5OC(C(C)(C)C)C3CO)CO4)no2)cc1Cl.Cl. The Hall–Kier alpha value is -5.58. The molecule has 0 fully saturated rings. The van der Waals surface area contributed by atoms with Gasteiger partial charge < -0.3 is 43.2 Å². The number of ether oxygens (including phenoxy) is 5. The second-order valence-corrected chi connectivity index (χ2v) is 18.2. The van der Waals surface area contributed by atoms with Crippen LogP contribution in [0, 0.1) is 5.41 Å². The van der Waals surface area contributed by atoms with E-state index in [1.807, 2.05) is 90.9 Å². The summed E-state index contributed by atoms with van der Waals surface area (Å²) in [4.78, 5) is 24.9. The van der Waals surface area contributed by atoms with Gasteiger partial charge in [0.2, 0.25) is 11.6 Å². The number of hydrogen-bond acceptors (Lipinski definition) is 14. The van der Waals surface area contributed by atoms with Gasteiger partial charge in [0.1, 0.15) is 42.3 Å². The molecular weight excluding hydrogens is 899 g/mol. The largest absolute Gasteiger partial charge is 0.491 e. The number of aromatic nitrogens is 4. The summed E-state index contributed by atoms with van der Waals surface area (Å²) in [6, 6.07) is 20.7. The summed E-state index contributed by atoms with van der Waals surface area (Å²) in [5.74, 6) is 3.71. The first-order valence-corrected chi connectivity index (χ1v) is 21.8. The monoisotopic (exact) mass is 948 g/mol. The third-order valence-corrected chi connectivity index (χ3v) is 11.2. The van der Waals surface area contributed by atoms with Gasteiger partial charge in [0, 0.05) is 45.3 Å². The lowest BCUT2D eigenvalue weighted by Gasteiger charge is -2.39. The second-order valence-electron chi connectivity index (χ2n) is 17.4. The van der Waals surface area contributed by atoms with Crippen molar-refractivity contribution in [1.82, 2.24) is 30.5 Å². The number of amides is 1. The van der Waals surface area contributed by atoms with Crippen molar-refractivity contribution < 1.29 is 42.6 Å². The summed E-state index contributed by atoms with van der Waals surface area (Å²) in [5.41, 5.74) is 3.74. The zero-order valence-corrected chi connectivity index (χ0v) is 39.3. The van der Waals surface area contributed by atoms with Crippen LogP contribution in [-0.4, -0.2) is 86.6 Å². The molecule has 0 bridgehead atoms. The Bertz CT molecular complexity index is 2630. The Balaban J connectivity index is 0.00000630. The molecule has 2 aliphatic heterocycles. The van der Waals surface area contributed by atoms with E-state index in [1.54, 1.807) is 30.3 Å². The molecule has 4 heterocycles. The lowest BCUT2D eigenvalue weighted by Crippen LogP contribution is -2.54. The maximum Gasteiger partial charge on any atom is 0.410 e. The highest BCUT2D eigenvalue weighted by Gasteiger charge is 2.43. The van der Waals surface area contributed by atoms with Crippen LogP contribution in [0.4, 0.5) is 4.79 Å². The molecule has 0 saturated carbocycles. The number of hydrogen-bond donors (Lipinski definition) is 2. The van der Waals surface area contributed by atoms with Gasteiger partial charge in [0.15, 0.2) is 0 Å². The minimum Gasteiger partial charge on any atom is -0.491 e. The Kier molecular flexibility index (Phi) is 14.5. The average molecular weight is 950 g/mol. The van der Waals surface area contributed by atoms with Gasteiger partial charge >= 0.3 is 6.09 Å². The fraction of sp³-hybridized carbons (Fsp3) is 0.383. The number of aliphatic hydroxyl groups excluding tert-OH is 1. The fourth-order valence-corrected chi connectivity index (χ4v) is 7.98. The molecular formula is C47H51Cl3N6O9. The molecule has 8 rings (SSSR count). The third-order valence-electron chi connectivity index (χ3n) is 10.6. The molecule has 2 N–H and O–H groups in total. The summed E-state index contributed by atoms with van der Waals surface area (Å²) in [7, 11) is 0. The molecule has 6 aromatic rings. The first kappa shape index (κ1) is 47.4. The third kappa shape index (κ3) is 10.8. The molecule has 0 saturated heterocycles. The van der Waals surface area contributed by atoms with E-state index in [0.717, 1.165) is 11.1 Å². The Morgan fingerprint density at radius 2 is 1.34 bits per heavy atom. The van der Waals surface area contributed by atoms with E-state index in [2.05, 4.69) is 25.6 Å². The molecule has 0 spiro atoms. The molecule has 4 aromatic carbocycles. The minimum absolute atomic E-state index is 0. The van der Waals surface area contributed by atoms with Crippen molar-refractivity contribution in [3.63, 3.8) is 0 Å². The first-order valence-electron chi connectivity index (χ1n) is 21.1. The van der Waals surface area contributed by atoms with Gasteiger partial charge in [-0.1, -0.05) is 54.3 Å². The van der Waals surface area contributed by atoms with Crippen LogP contribution in [-0.2, 0) is 17.8 Å². The minimum atomic E-state index is -0.727. The maximum atomic E-state index is 14.1. The number of carbonyl (C=O) groups is 1. The van der Waals surface area contributed by atoms with Gasteiger partial charge in [-0.05, 0) is 100 Å². The highest BCUT2D eigenvalue weighted by molar-refractivity contribution is 6.32. The van der Waals surface area contributed by atoms with Crippen LogP contribution in [0.5, 0.6) is 23.0 Å². The molecule has 2 aromatic heterocycles. The number of nitrogens with one attached hydrogen (secondary N) is 1. The molecule has 0 radical (unpaired) electrons. The van der Waals surface area contributed by atoms with E-state index in [9.17, 15) is 9.90 Å². The van der Waals surface area contributed by atoms with Crippen LogP contribution in [0.1, 0.15) is 59.6 Å². The fourth-order valence-electron chi connectivity index (χ4n) is 7.53. The lowest BCUT2D eigenvalue weighted by molar-refractivity contribution is -0.0192. The number of halogens is 3. The van der Waals surface area contributed by atoms with Crippen LogP contribution in [0.3, 0.4) is 0 Å². The number of aliphatic hydroxyl groups is 1. The van der Waals surface area contributed by atoms with Crippen LogP contribution in [0.25, 0.3) is 45.7 Å². The number of rotatable bonds is 11. The van der Waals surface area contributed by atoms with Crippen LogP contribution in [0.15, 0.2) is 81.8 Å². The highest BCUT2D eigenvalue weighted by Crippen LogP contribution is 2.39. The average Bonchev–Trinajstić information content (AvgIpc) is 3.87. The zero-order chi connectivity index (χ0) is 45.3. The summed E-state index contributed by atoms with van der Waals surface area (Å²) in [5, 5.41) is 23.6. The summed E-state index contributed by atoms with van der Waals surface area (Å²) >= 11 is 12.9. The quantitative estimate of drug-likeness (QED) is 0.125. The van der Waals surface area contributed by atoms with Crippen LogP contribution >= 0.6 is 35.6 Å². The van der Waals surface area contributed by atoms with E-state index in [1.165, 1.54) is 4.90 Å². The summed E-state index contributed by atoms with van der Waals surface area (Å²) in [6.45, 7) is 14.1.